The zero-order valence-electron chi connectivity index (χ0n) is 13.0. The van der Waals surface area contributed by atoms with Crippen molar-refractivity contribution in [3.05, 3.63) is 10.6 Å². The van der Waals surface area contributed by atoms with Gasteiger partial charge in [-0.1, -0.05) is 0 Å². The lowest BCUT2D eigenvalue weighted by molar-refractivity contribution is -0.136. The highest BCUT2D eigenvalue weighted by molar-refractivity contribution is 7.16. The van der Waals surface area contributed by atoms with Gasteiger partial charge >= 0.3 is 11.8 Å². The molecule has 8 heteroatoms. The van der Waals surface area contributed by atoms with Gasteiger partial charge < -0.3 is 15.0 Å². The van der Waals surface area contributed by atoms with Gasteiger partial charge in [0, 0.05) is 44.1 Å². The van der Waals surface area contributed by atoms with Crippen LogP contribution >= 0.6 is 11.3 Å². The summed E-state index contributed by atoms with van der Waals surface area (Å²) in [5, 5.41) is 5.64. The van der Waals surface area contributed by atoms with Crippen LogP contribution in [0.5, 0.6) is 0 Å². The maximum Gasteiger partial charge on any atom is 0.315 e. The minimum atomic E-state index is -0.670. The van der Waals surface area contributed by atoms with E-state index in [1.54, 1.807) is 0 Å². The Morgan fingerprint density at radius 1 is 1.41 bits per heavy atom. The molecule has 2 rings (SSSR count). The molecular weight excluding hydrogens is 304 g/mol. The molecule has 7 nitrogen and oxygen atoms in total. The number of amides is 2. The van der Waals surface area contributed by atoms with Crippen molar-refractivity contribution >= 4 is 28.3 Å². The second-order valence-corrected chi connectivity index (χ2v) is 6.22. The minimum Gasteiger partial charge on any atom is -0.382 e. The van der Waals surface area contributed by atoms with E-state index in [9.17, 15) is 9.59 Å². The smallest absolute Gasteiger partial charge is 0.315 e. The molecule has 1 aliphatic heterocycles. The molecule has 122 valence electrons. The highest BCUT2D eigenvalue weighted by Crippen LogP contribution is 2.27. The van der Waals surface area contributed by atoms with Crippen LogP contribution in [-0.2, 0) is 27.3 Å². The monoisotopic (exact) mass is 326 g/mol. The number of rotatable bonds is 6. The van der Waals surface area contributed by atoms with Gasteiger partial charge in [-0.25, -0.2) is 4.98 Å². The van der Waals surface area contributed by atoms with Crippen LogP contribution in [0.4, 0.5) is 5.13 Å². The topological polar surface area (TPSA) is 83.6 Å². The molecule has 22 heavy (non-hydrogen) atoms. The van der Waals surface area contributed by atoms with Crippen molar-refractivity contribution in [2.75, 3.05) is 38.7 Å². The van der Waals surface area contributed by atoms with Gasteiger partial charge in [-0.3, -0.25) is 14.9 Å². The lowest BCUT2D eigenvalue weighted by Gasteiger charge is -2.20. The van der Waals surface area contributed by atoms with Crippen molar-refractivity contribution in [3.63, 3.8) is 0 Å². The van der Waals surface area contributed by atoms with Crippen LogP contribution < -0.4 is 10.6 Å². The Morgan fingerprint density at radius 3 is 3.00 bits per heavy atom. The van der Waals surface area contributed by atoms with Crippen LogP contribution in [0.2, 0.25) is 0 Å². The first-order valence-corrected chi connectivity index (χ1v) is 8.25. The summed E-state index contributed by atoms with van der Waals surface area (Å²) in [6.45, 7) is 5.36. The van der Waals surface area contributed by atoms with E-state index in [-0.39, 0.29) is 0 Å². The lowest BCUT2D eigenvalue weighted by atomic mass is 10.2. The average molecular weight is 326 g/mol. The molecule has 0 radical (unpaired) electrons. The van der Waals surface area contributed by atoms with Gasteiger partial charge in [-0.05, 0) is 20.4 Å². The van der Waals surface area contributed by atoms with E-state index < -0.39 is 11.8 Å². The van der Waals surface area contributed by atoms with Crippen molar-refractivity contribution in [2.24, 2.45) is 0 Å². The molecule has 1 aromatic rings. The number of hydrogen-bond donors (Lipinski definition) is 2. The number of carbonyl (C=O) groups is 2. The van der Waals surface area contributed by atoms with E-state index in [0.717, 1.165) is 30.1 Å². The van der Waals surface area contributed by atoms with E-state index in [4.69, 9.17) is 4.74 Å². The summed E-state index contributed by atoms with van der Waals surface area (Å²) in [6.07, 6.45) is 1.56. The number of nitrogens with one attached hydrogen (secondary N) is 2. The summed E-state index contributed by atoms with van der Waals surface area (Å²) < 4.78 is 5.16. The quantitative estimate of drug-likeness (QED) is 0.591. The molecule has 2 N–H and O–H groups in total. The first-order valence-electron chi connectivity index (χ1n) is 7.44. The van der Waals surface area contributed by atoms with Crippen molar-refractivity contribution in [1.29, 1.82) is 0 Å². The minimum absolute atomic E-state index is 0.422. The fourth-order valence-electron chi connectivity index (χ4n) is 2.13. The number of hydrogen-bond acceptors (Lipinski definition) is 6. The second-order valence-electron chi connectivity index (χ2n) is 5.14. The molecule has 1 aliphatic rings. The van der Waals surface area contributed by atoms with Crippen LogP contribution in [0.25, 0.3) is 0 Å². The normalized spacial score (nSPS) is 14.5. The number of thiazole rings is 1. The largest absolute Gasteiger partial charge is 0.382 e. The Labute approximate surface area is 134 Å². The Hall–Kier alpha value is -1.51. The van der Waals surface area contributed by atoms with Gasteiger partial charge in [0.05, 0.1) is 5.69 Å². The second kappa shape index (κ2) is 8.21. The first-order chi connectivity index (χ1) is 10.6. The molecule has 0 atom stereocenters. The van der Waals surface area contributed by atoms with Gasteiger partial charge in [0.25, 0.3) is 0 Å². The number of ether oxygens (including phenoxy) is 1. The van der Waals surface area contributed by atoms with Crippen molar-refractivity contribution < 1.29 is 14.3 Å². The molecule has 2 heterocycles. The molecular formula is C14H22N4O3S. The number of anilines is 1. The number of likely N-dealkylation sites (N-methyl/N-ethyl adjacent to an activating group) is 1. The fourth-order valence-corrected chi connectivity index (χ4v) is 3.21. The number of nitrogens with zero attached hydrogens (tertiary/aromatic N) is 2. The first kappa shape index (κ1) is 16.9. The third-order valence-corrected chi connectivity index (χ3v) is 4.30. The number of fused-ring (bicyclic) bond motifs is 1. The van der Waals surface area contributed by atoms with Gasteiger partial charge in [0.2, 0.25) is 0 Å². The van der Waals surface area contributed by atoms with Gasteiger partial charge in [-0.2, -0.15) is 0 Å². The summed E-state index contributed by atoms with van der Waals surface area (Å²) in [6, 6.07) is 0. The Morgan fingerprint density at radius 2 is 2.23 bits per heavy atom. The van der Waals surface area contributed by atoms with E-state index >= 15 is 0 Å². The highest BCUT2D eigenvalue weighted by Gasteiger charge is 2.20. The molecule has 0 saturated heterocycles. The van der Waals surface area contributed by atoms with Crippen LogP contribution in [0.1, 0.15) is 23.9 Å². The maximum atomic E-state index is 11.8. The summed E-state index contributed by atoms with van der Waals surface area (Å²) in [7, 11) is 2.05. The van der Waals surface area contributed by atoms with Crippen molar-refractivity contribution in [2.45, 2.75) is 26.3 Å². The van der Waals surface area contributed by atoms with Crippen LogP contribution in [0.15, 0.2) is 0 Å². The summed E-state index contributed by atoms with van der Waals surface area (Å²) >= 11 is 1.44. The van der Waals surface area contributed by atoms with E-state index in [0.29, 0.717) is 31.3 Å². The molecule has 0 aromatic carbocycles. The molecule has 0 fully saturated rings. The average Bonchev–Trinajstić information content (AvgIpc) is 2.88. The molecule has 0 spiro atoms. The predicted molar refractivity (Wildman–Crippen MR) is 84.9 cm³/mol. The standard InChI is InChI=1S/C14H22N4O3S/c1-3-21-8-4-6-15-12(19)13(20)17-14-16-10-5-7-18(2)9-11(10)22-14/h3-9H2,1-2H3,(H,15,19)(H,16,17,20). The molecule has 0 aliphatic carbocycles. The Balaban J connectivity index is 1.78. The lowest BCUT2D eigenvalue weighted by Crippen LogP contribution is -2.36. The highest BCUT2D eigenvalue weighted by atomic mass is 32.1. The van der Waals surface area contributed by atoms with E-state index in [1.807, 2.05) is 6.92 Å². The van der Waals surface area contributed by atoms with Gasteiger partial charge in [0.15, 0.2) is 5.13 Å². The van der Waals surface area contributed by atoms with Crippen LogP contribution in [-0.4, -0.2) is 55.0 Å². The maximum absolute atomic E-state index is 11.8. The summed E-state index contributed by atoms with van der Waals surface area (Å²) in [5.74, 6) is -1.31. The molecule has 0 saturated carbocycles. The zero-order chi connectivity index (χ0) is 15.9. The predicted octanol–water partition coefficient (Wildman–Crippen LogP) is 0.612. The number of aromatic nitrogens is 1. The van der Waals surface area contributed by atoms with E-state index in [2.05, 4.69) is 27.6 Å². The van der Waals surface area contributed by atoms with Crippen LogP contribution in [0.3, 0.4) is 0 Å². The van der Waals surface area contributed by atoms with Crippen LogP contribution in [0, 0.1) is 0 Å². The fraction of sp³-hybridized carbons (Fsp3) is 0.643. The van der Waals surface area contributed by atoms with E-state index in [1.165, 1.54) is 11.3 Å². The molecule has 0 unspecified atom stereocenters. The third-order valence-electron chi connectivity index (χ3n) is 3.30. The zero-order valence-corrected chi connectivity index (χ0v) is 13.8. The third kappa shape index (κ3) is 4.75. The van der Waals surface area contributed by atoms with Gasteiger partial charge in [-0.15, -0.1) is 11.3 Å². The van der Waals surface area contributed by atoms with Crippen molar-refractivity contribution in [3.8, 4) is 0 Å². The molecule has 2 amide bonds. The SMILES string of the molecule is CCOCCCNC(=O)C(=O)Nc1nc2c(s1)CN(C)CC2. The molecule has 1 aromatic heterocycles. The Bertz CT molecular complexity index is 532. The Kier molecular flexibility index (Phi) is 6.29. The summed E-state index contributed by atoms with van der Waals surface area (Å²) in [5.41, 5.74) is 1.02. The number of carbonyl (C=O) groups excluding carboxylic acids is 2. The molecule has 0 bridgehead atoms. The van der Waals surface area contributed by atoms with Crippen molar-refractivity contribution in [1.82, 2.24) is 15.2 Å². The summed E-state index contributed by atoms with van der Waals surface area (Å²) in [4.78, 5) is 31.2. The van der Waals surface area contributed by atoms with Gasteiger partial charge in [0.1, 0.15) is 0 Å².